The predicted molar refractivity (Wildman–Crippen MR) is 64.0 cm³/mol. The smallest absolute Gasteiger partial charge is 0.0703 e. The van der Waals surface area contributed by atoms with E-state index in [4.69, 9.17) is 5.84 Å². The van der Waals surface area contributed by atoms with Gasteiger partial charge in [-0.2, -0.15) is 0 Å². The van der Waals surface area contributed by atoms with Crippen molar-refractivity contribution in [1.29, 1.82) is 0 Å². The highest BCUT2D eigenvalue weighted by Gasteiger charge is 2.09. The van der Waals surface area contributed by atoms with Crippen molar-refractivity contribution in [3.05, 3.63) is 34.8 Å². The standard InChI is InChI=1S/C13H14N2/c1-9-6-7-13-11(8-9)10-4-2-3-5-12(10)15(13)14/h2-5,7-9H,6,14H2,1H3. The molecule has 0 saturated carbocycles. The van der Waals surface area contributed by atoms with E-state index in [-0.39, 0.29) is 0 Å². The molecule has 2 nitrogen and oxygen atoms in total. The van der Waals surface area contributed by atoms with Crippen LogP contribution < -0.4 is 16.4 Å². The van der Waals surface area contributed by atoms with Gasteiger partial charge in [-0.3, -0.25) is 4.68 Å². The Bertz CT molecular complexity index is 634. The molecule has 0 radical (unpaired) electrons. The molecule has 3 rings (SSSR count). The number of hydrogen-bond donors (Lipinski definition) is 1. The van der Waals surface area contributed by atoms with E-state index < -0.39 is 0 Å². The molecule has 0 saturated heterocycles. The number of nitrogens with zero attached hydrogens (tertiary/aromatic N) is 1. The van der Waals surface area contributed by atoms with Crippen LogP contribution in [0.5, 0.6) is 0 Å². The predicted octanol–water partition coefficient (Wildman–Crippen LogP) is 0.956. The van der Waals surface area contributed by atoms with Gasteiger partial charge in [0.1, 0.15) is 0 Å². The average Bonchev–Trinajstić information content (AvgIpc) is 2.54. The van der Waals surface area contributed by atoms with Crippen LogP contribution in [-0.4, -0.2) is 4.68 Å². The highest BCUT2D eigenvalue weighted by atomic mass is 15.3. The maximum atomic E-state index is 6.07. The van der Waals surface area contributed by atoms with Crippen molar-refractivity contribution in [3.63, 3.8) is 0 Å². The Balaban J connectivity index is 2.60. The van der Waals surface area contributed by atoms with Gasteiger partial charge in [0.05, 0.1) is 10.9 Å². The van der Waals surface area contributed by atoms with Crippen LogP contribution in [0.25, 0.3) is 23.1 Å². The molecular weight excluding hydrogens is 184 g/mol. The summed E-state index contributed by atoms with van der Waals surface area (Å²) in [5.74, 6) is 6.68. The number of hydrogen-bond acceptors (Lipinski definition) is 1. The van der Waals surface area contributed by atoms with Crippen LogP contribution in [0, 0.1) is 5.92 Å². The van der Waals surface area contributed by atoms with Gasteiger partial charge in [0.15, 0.2) is 0 Å². The molecule has 1 aromatic carbocycles. The van der Waals surface area contributed by atoms with Crippen LogP contribution in [0.2, 0.25) is 0 Å². The molecule has 0 aliphatic heterocycles. The summed E-state index contributed by atoms with van der Waals surface area (Å²) in [6.45, 7) is 2.24. The van der Waals surface area contributed by atoms with Crippen molar-refractivity contribution < 1.29 is 0 Å². The first-order valence-electron chi connectivity index (χ1n) is 5.34. The molecule has 0 spiro atoms. The Hall–Kier alpha value is -1.70. The number of benzene rings is 1. The Kier molecular flexibility index (Phi) is 1.66. The van der Waals surface area contributed by atoms with E-state index >= 15 is 0 Å². The first-order chi connectivity index (χ1) is 7.27. The second-order valence-electron chi connectivity index (χ2n) is 4.27. The van der Waals surface area contributed by atoms with E-state index in [1.165, 1.54) is 10.6 Å². The van der Waals surface area contributed by atoms with Gasteiger partial charge in [-0.15, -0.1) is 0 Å². The minimum absolute atomic E-state index is 0.614. The van der Waals surface area contributed by atoms with Crippen molar-refractivity contribution in [1.82, 2.24) is 4.68 Å². The van der Waals surface area contributed by atoms with Crippen molar-refractivity contribution in [2.24, 2.45) is 5.92 Å². The zero-order valence-electron chi connectivity index (χ0n) is 8.77. The molecule has 1 aliphatic carbocycles. The molecule has 1 unspecified atom stereocenters. The highest BCUT2D eigenvalue weighted by molar-refractivity contribution is 5.82. The summed E-state index contributed by atoms with van der Waals surface area (Å²) in [5.41, 5.74) is 1.11. The Morgan fingerprint density at radius 2 is 2.13 bits per heavy atom. The summed E-state index contributed by atoms with van der Waals surface area (Å²) >= 11 is 0. The number of fused-ring (bicyclic) bond motifs is 3. The maximum Gasteiger partial charge on any atom is 0.0703 e. The molecule has 0 amide bonds. The summed E-state index contributed by atoms with van der Waals surface area (Å²) in [5, 5.41) is 3.72. The molecule has 1 aromatic heterocycles. The molecule has 15 heavy (non-hydrogen) atoms. The van der Waals surface area contributed by atoms with Gasteiger partial charge in [0.25, 0.3) is 0 Å². The van der Waals surface area contributed by atoms with Crippen molar-refractivity contribution in [2.75, 3.05) is 5.84 Å². The molecule has 76 valence electrons. The molecular formula is C13H14N2. The minimum atomic E-state index is 0.614. The van der Waals surface area contributed by atoms with Gasteiger partial charge in [-0.05, 0) is 18.4 Å². The molecule has 2 aromatic rings. The lowest BCUT2D eigenvalue weighted by atomic mass is 10.0. The summed E-state index contributed by atoms with van der Waals surface area (Å²) in [7, 11) is 0. The molecule has 1 heterocycles. The number of rotatable bonds is 0. The topological polar surface area (TPSA) is 30.9 Å². The zero-order valence-corrected chi connectivity index (χ0v) is 8.77. The summed E-state index contributed by atoms with van der Waals surface area (Å²) in [4.78, 5) is 0. The van der Waals surface area contributed by atoms with Crippen LogP contribution in [0.3, 0.4) is 0 Å². The fourth-order valence-corrected chi connectivity index (χ4v) is 2.34. The van der Waals surface area contributed by atoms with Crippen LogP contribution in [0.4, 0.5) is 0 Å². The second-order valence-corrected chi connectivity index (χ2v) is 4.27. The van der Waals surface area contributed by atoms with Crippen LogP contribution >= 0.6 is 0 Å². The van der Waals surface area contributed by atoms with Crippen molar-refractivity contribution >= 4 is 23.1 Å². The maximum absolute atomic E-state index is 6.07. The first kappa shape index (κ1) is 8.60. The zero-order chi connectivity index (χ0) is 10.4. The Morgan fingerprint density at radius 1 is 1.33 bits per heavy atom. The van der Waals surface area contributed by atoms with E-state index in [0.717, 1.165) is 17.3 Å². The van der Waals surface area contributed by atoms with E-state index in [0.29, 0.717) is 5.92 Å². The fourth-order valence-electron chi connectivity index (χ4n) is 2.34. The van der Waals surface area contributed by atoms with E-state index in [1.807, 2.05) is 6.07 Å². The molecule has 2 heteroatoms. The number of aromatic nitrogens is 1. The summed E-state index contributed by atoms with van der Waals surface area (Å²) < 4.78 is 1.80. The van der Waals surface area contributed by atoms with Crippen molar-refractivity contribution in [2.45, 2.75) is 13.3 Å². The van der Waals surface area contributed by atoms with Crippen LogP contribution in [0.15, 0.2) is 24.3 Å². The fraction of sp³-hybridized carbons (Fsp3) is 0.231. The van der Waals surface area contributed by atoms with Gasteiger partial charge in [0, 0.05) is 10.6 Å². The first-order valence-corrected chi connectivity index (χ1v) is 5.34. The normalized spacial score (nSPS) is 19.4. The van der Waals surface area contributed by atoms with Crippen molar-refractivity contribution in [3.8, 4) is 0 Å². The third-order valence-electron chi connectivity index (χ3n) is 3.12. The SMILES string of the molecule is CC1C=c2c(n(N)c3ccccc23)=CC1. The van der Waals surface area contributed by atoms with E-state index in [1.54, 1.807) is 4.68 Å². The summed E-state index contributed by atoms with van der Waals surface area (Å²) in [6, 6.07) is 8.30. The Labute approximate surface area is 88.3 Å². The van der Waals surface area contributed by atoms with Gasteiger partial charge in [-0.25, -0.2) is 0 Å². The van der Waals surface area contributed by atoms with Gasteiger partial charge in [0.2, 0.25) is 0 Å². The molecule has 2 N–H and O–H groups in total. The largest absolute Gasteiger partial charge is 0.339 e. The third-order valence-corrected chi connectivity index (χ3v) is 3.12. The Morgan fingerprint density at radius 3 is 3.00 bits per heavy atom. The van der Waals surface area contributed by atoms with Crippen LogP contribution in [-0.2, 0) is 0 Å². The number of nitrogens with two attached hydrogens (primary N) is 1. The van der Waals surface area contributed by atoms with Gasteiger partial charge >= 0.3 is 0 Å². The third kappa shape index (κ3) is 1.11. The monoisotopic (exact) mass is 198 g/mol. The lowest BCUT2D eigenvalue weighted by Gasteiger charge is -2.05. The molecule has 0 bridgehead atoms. The number of nitrogen functional groups attached to an aromatic ring is 1. The lowest BCUT2D eigenvalue weighted by Crippen LogP contribution is -2.35. The second kappa shape index (κ2) is 2.89. The molecule has 0 fully saturated rings. The van der Waals surface area contributed by atoms with Gasteiger partial charge < -0.3 is 5.84 Å². The minimum Gasteiger partial charge on any atom is -0.339 e. The quantitative estimate of drug-likeness (QED) is 0.628. The van der Waals surface area contributed by atoms with E-state index in [9.17, 15) is 0 Å². The van der Waals surface area contributed by atoms with Crippen LogP contribution in [0.1, 0.15) is 13.3 Å². The molecule has 1 aliphatic rings. The lowest BCUT2D eigenvalue weighted by molar-refractivity contribution is 0.793. The highest BCUT2D eigenvalue weighted by Crippen LogP contribution is 2.11. The number of para-hydroxylation sites is 1. The molecule has 1 atom stereocenters. The average molecular weight is 198 g/mol. The summed E-state index contributed by atoms with van der Waals surface area (Å²) in [6.07, 6.45) is 5.64. The van der Waals surface area contributed by atoms with E-state index in [2.05, 4.69) is 37.3 Å². The van der Waals surface area contributed by atoms with Gasteiger partial charge in [-0.1, -0.05) is 37.3 Å².